The summed E-state index contributed by atoms with van der Waals surface area (Å²) in [6.45, 7) is 6.81. The fourth-order valence-corrected chi connectivity index (χ4v) is 3.37. The van der Waals surface area contributed by atoms with Gasteiger partial charge in [0.05, 0.1) is 43.9 Å². The maximum Gasteiger partial charge on any atom is 0.311 e. The Kier molecular flexibility index (Phi) is 7.56. The van der Waals surface area contributed by atoms with Gasteiger partial charge in [0.25, 0.3) is 0 Å². The largest absolute Gasteiger partial charge is 0.491 e. The first kappa shape index (κ1) is 21.5. The van der Waals surface area contributed by atoms with Crippen LogP contribution in [0.2, 0.25) is 0 Å². The number of aromatic nitrogens is 3. The molecule has 0 aliphatic carbocycles. The van der Waals surface area contributed by atoms with E-state index in [0.29, 0.717) is 24.0 Å². The molecule has 0 fully saturated rings. The number of anilines is 1. The third kappa shape index (κ3) is 6.41. The van der Waals surface area contributed by atoms with Gasteiger partial charge < -0.3 is 14.0 Å². The van der Waals surface area contributed by atoms with E-state index in [4.69, 9.17) is 9.47 Å². The molecule has 0 unspecified atom stereocenters. The number of benzene rings is 1. The fourth-order valence-electron chi connectivity index (χ4n) is 2.71. The van der Waals surface area contributed by atoms with Gasteiger partial charge in [0.2, 0.25) is 5.13 Å². The van der Waals surface area contributed by atoms with Crippen molar-refractivity contribution in [3.05, 3.63) is 59.1 Å². The summed E-state index contributed by atoms with van der Waals surface area (Å²) in [5.74, 6) is 0.555. The first-order valence-corrected chi connectivity index (χ1v) is 10.6. The molecule has 2 aromatic heterocycles. The van der Waals surface area contributed by atoms with E-state index in [1.807, 2.05) is 48.2 Å². The quantitative estimate of drug-likeness (QED) is 0.301. The van der Waals surface area contributed by atoms with E-state index < -0.39 is 0 Å². The molecule has 3 rings (SSSR count). The van der Waals surface area contributed by atoms with E-state index in [0.717, 1.165) is 16.9 Å². The maximum atomic E-state index is 11.5. The van der Waals surface area contributed by atoms with E-state index in [2.05, 4.69) is 20.5 Å². The normalized spacial score (nSPS) is 11.2. The molecule has 3 aromatic rings. The van der Waals surface area contributed by atoms with Crippen molar-refractivity contribution in [3.63, 3.8) is 0 Å². The first-order valence-electron chi connectivity index (χ1n) is 9.68. The van der Waals surface area contributed by atoms with E-state index in [9.17, 15) is 4.79 Å². The average Bonchev–Trinajstić information content (AvgIpc) is 3.36. The fraction of sp³-hybridized carbons (Fsp3) is 0.333. The van der Waals surface area contributed by atoms with Gasteiger partial charge >= 0.3 is 5.97 Å². The zero-order valence-electron chi connectivity index (χ0n) is 17.2. The lowest BCUT2D eigenvalue weighted by Crippen LogP contribution is -2.09. The van der Waals surface area contributed by atoms with Crippen molar-refractivity contribution in [2.24, 2.45) is 5.10 Å². The van der Waals surface area contributed by atoms with Crippen LogP contribution < -0.4 is 10.2 Å². The summed E-state index contributed by atoms with van der Waals surface area (Å²) < 4.78 is 12.9. The van der Waals surface area contributed by atoms with Crippen LogP contribution in [-0.2, 0) is 22.5 Å². The molecule has 0 aliphatic rings. The van der Waals surface area contributed by atoms with Crippen LogP contribution in [-0.4, -0.2) is 39.4 Å². The Balaban J connectivity index is 1.66. The predicted molar refractivity (Wildman–Crippen MR) is 117 cm³/mol. The standard InChI is InChI=1S/C21H25N5O3S/c1-4-28-20(27)10-18-13-30-21(24-18)25-23-11-16-5-6-19(29-15(2)3)17(9-16)12-26-8-7-22-14-26/h5-9,11,13-15H,4,10,12H2,1-3H3,(H,24,25). The molecule has 9 heteroatoms. The lowest BCUT2D eigenvalue weighted by Gasteiger charge is -2.15. The molecule has 8 nitrogen and oxygen atoms in total. The Labute approximate surface area is 179 Å². The summed E-state index contributed by atoms with van der Waals surface area (Å²) in [4.78, 5) is 20.0. The van der Waals surface area contributed by atoms with Crippen molar-refractivity contribution in [1.29, 1.82) is 0 Å². The van der Waals surface area contributed by atoms with Crippen LogP contribution >= 0.6 is 11.3 Å². The molecule has 0 saturated carbocycles. The number of nitrogens with one attached hydrogen (secondary N) is 1. The topological polar surface area (TPSA) is 90.6 Å². The van der Waals surface area contributed by atoms with Crippen LogP contribution in [0.5, 0.6) is 5.75 Å². The van der Waals surface area contributed by atoms with Gasteiger partial charge in [0.1, 0.15) is 5.75 Å². The first-order chi connectivity index (χ1) is 14.5. The number of hydrazone groups is 1. The Bertz CT molecular complexity index is 982. The SMILES string of the molecule is CCOC(=O)Cc1csc(NN=Cc2ccc(OC(C)C)c(Cn3ccnc3)c2)n1. The number of hydrogen-bond acceptors (Lipinski definition) is 8. The zero-order chi connectivity index (χ0) is 21.3. The Morgan fingerprint density at radius 2 is 2.27 bits per heavy atom. The lowest BCUT2D eigenvalue weighted by atomic mass is 10.1. The maximum absolute atomic E-state index is 11.5. The molecular weight excluding hydrogens is 402 g/mol. The number of imidazole rings is 1. The van der Waals surface area contributed by atoms with E-state index >= 15 is 0 Å². The van der Waals surface area contributed by atoms with Gasteiger partial charge in [-0.1, -0.05) is 0 Å². The van der Waals surface area contributed by atoms with Gasteiger partial charge in [-0.15, -0.1) is 11.3 Å². The third-order valence-corrected chi connectivity index (χ3v) is 4.71. The zero-order valence-corrected chi connectivity index (χ0v) is 18.1. The molecule has 30 heavy (non-hydrogen) atoms. The van der Waals surface area contributed by atoms with Crippen molar-refractivity contribution in [2.45, 2.75) is 39.8 Å². The number of hydrogen-bond donors (Lipinski definition) is 1. The van der Waals surface area contributed by atoms with Crippen LogP contribution in [0.1, 0.15) is 37.6 Å². The molecule has 158 valence electrons. The summed E-state index contributed by atoms with van der Waals surface area (Å²) in [6.07, 6.45) is 7.41. The van der Waals surface area contributed by atoms with Gasteiger partial charge in [-0.3, -0.25) is 10.2 Å². The molecule has 0 bridgehead atoms. The molecular formula is C21H25N5O3S. The Hall–Kier alpha value is -3.20. The minimum absolute atomic E-state index is 0.0847. The number of carbonyl (C=O) groups excluding carboxylic acids is 1. The second-order valence-corrected chi connectivity index (χ2v) is 7.62. The summed E-state index contributed by atoms with van der Waals surface area (Å²) in [5.41, 5.74) is 5.54. The number of carbonyl (C=O) groups is 1. The van der Waals surface area contributed by atoms with Crippen LogP contribution in [0, 0.1) is 0 Å². The number of esters is 1. The minimum atomic E-state index is -0.285. The van der Waals surface area contributed by atoms with Crippen molar-refractivity contribution < 1.29 is 14.3 Å². The van der Waals surface area contributed by atoms with Gasteiger partial charge in [-0.25, -0.2) is 9.97 Å². The van der Waals surface area contributed by atoms with Crippen LogP contribution in [0.3, 0.4) is 0 Å². The minimum Gasteiger partial charge on any atom is -0.491 e. The van der Waals surface area contributed by atoms with Gasteiger partial charge in [-0.2, -0.15) is 5.10 Å². The van der Waals surface area contributed by atoms with Crippen molar-refractivity contribution in [2.75, 3.05) is 12.0 Å². The summed E-state index contributed by atoms with van der Waals surface area (Å²) in [7, 11) is 0. The van der Waals surface area contributed by atoms with Gasteiger partial charge in [0.15, 0.2) is 0 Å². The molecule has 0 radical (unpaired) electrons. The number of nitrogens with zero attached hydrogens (tertiary/aromatic N) is 4. The third-order valence-electron chi connectivity index (χ3n) is 3.92. The molecule has 0 atom stereocenters. The highest BCUT2D eigenvalue weighted by atomic mass is 32.1. The highest BCUT2D eigenvalue weighted by Gasteiger charge is 2.09. The predicted octanol–water partition coefficient (Wildman–Crippen LogP) is 3.73. The van der Waals surface area contributed by atoms with E-state index in [-0.39, 0.29) is 18.5 Å². The van der Waals surface area contributed by atoms with Crippen molar-refractivity contribution in [3.8, 4) is 5.75 Å². The molecule has 1 aromatic carbocycles. The second kappa shape index (κ2) is 10.5. The monoisotopic (exact) mass is 427 g/mol. The molecule has 0 amide bonds. The average molecular weight is 428 g/mol. The Morgan fingerprint density at radius 3 is 3.00 bits per heavy atom. The van der Waals surface area contributed by atoms with Crippen molar-refractivity contribution >= 4 is 28.7 Å². The highest BCUT2D eigenvalue weighted by Crippen LogP contribution is 2.22. The molecule has 0 spiro atoms. The molecule has 1 N–H and O–H groups in total. The number of rotatable bonds is 10. The molecule has 0 saturated heterocycles. The molecule has 0 aliphatic heterocycles. The Morgan fingerprint density at radius 1 is 1.40 bits per heavy atom. The van der Waals surface area contributed by atoms with Crippen LogP contribution in [0.15, 0.2) is 47.4 Å². The summed E-state index contributed by atoms with van der Waals surface area (Å²) in [5, 5.41) is 6.70. The van der Waals surface area contributed by atoms with Gasteiger partial charge in [0, 0.05) is 23.3 Å². The lowest BCUT2D eigenvalue weighted by molar-refractivity contribution is -0.142. The van der Waals surface area contributed by atoms with E-state index in [1.165, 1.54) is 11.3 Å². The summed E-state index contributed by atoms with van der Waals surface area (Å²) >= 11 is 1.39. The molecule has 2 heterocycles. The number of thiazole rings is 1. The number of ether oxygens (including phenoxy) is 2. The van der Waals surface area contributed by atoms with E-state index in [1.54, 1.807) is 25.7 Å². The van der Waals surface area contributed by atoms with Crippen LogP contribution in [0.25, 0.3) is 0 Å². The highest BCUT2D eigenvalue weighted by molar-refractivity contribution is 7.13. The van der Waals surface area contributed by atoms with Gasteiger partial charge in [-0.05, 0) is 44.5 Å². The van der Waals surface area contributed by atoms with Crippen molar-refractivity contribution in [1.82, 2.24) is 14.5 Å². The second-order valence-electron chi connectivity index (χ2n) is 6.76. The smallest absolute Gasteiger partial charge is 0.311 e. The van der Waals surface area contributed by atoms with Crippen LogP contribution in [0.4, 0.5) is 5.13 Å². The summed E-state index contributed by atoms with van der Waals surface area (Å²) in [6, 6.07) is 5.94.